The topological polar surface area (TPSA) is 3.24 Å². The van der Waals surface area contributed by atoms with Crippen molar-refractivity contribution in [2.75, 3.05) is 19.0 Å². The van der Waals surface area contributed by atoms with E-state index in [0.29, 0.717) is 5.92 Å². The minimum atomic E-state index is 0.665. The van der Waals surface area contributed by atoms with E-state index in [1.165, 1.54) is 22.5 Å². The molecule has 0 aliphatic heterocycles. The highest BCUT2D eigenvalue weighted by atomic mass is 32.1. The van der Waals surface area contributed by atoms with Gasteiger partial charge >= 0.3 is 0 Å². The molecule has 2 aromatic rings. The van der Waals surface area contributed by atoms with Gasteiger partial charge in [-0.25, -0.2) is 0 Å². The van der Waals surface area contributed by atoms with E-state index >= 15 is 0 Å². The molecule has 0 fully saturated rings. The first kappa shape index (κ1) is 13.2. The standard InChI is InChI=1S/C16H21NS/c1-13(16-5-4-12-18-16)6-7-14-8-10-15(11-9-14)17(2)3/h4-5,8-13H,6-7H2,1-3H3. The Labute approximate surface area is 114 Å². The summed E-state index contributed by atoms with van der Waals surface area (Å²) in [5.74, 6) is 0.665. The van der Waals surface area contributed by atoms with Crippen molar-refractivity contribution in [3.05, 3.63) is 52.2 Å². The summed E-state index contributed by atoms with van der Waals surface area (Å²) < 4.78 is 0. The van der Waals surface area contributed by atoms with Crippen molar-refractivity contribution >= 4 is 17.0 Å². The second-order valence-corrected chi connectivity index (χ2v) is 6.00. The number of hydrogen-bond acceptors (Lipinski definition) is 2. The summed E-state index contributed by atoms with van der Waals surface area (Å²) in [4.78, 5) is 3.64. The molecular weight excluding hydrogens is 238 g/mol. The molecule has 0 radical (unpaired) electrons. The van der Waals surface area contributed by atoms with Crippen LogP contribution in [0.3, 0.4) is 0 Å². The molecule has 0 bridgehead atoms. The van der Waals surface area contributed by atoms with E-state index in [9.17, 15) is 0 Å². The van der Waals surface area contributed by atoms with E-state index in [2.05, 4.69) is 67.7 Å². The molecule has 1 aromatic heterocycles. The molecule has 1 atom stereocenters. The van der Waals surface area contributed by atoms with Gasteiger partial charge in [-0.05, 0) is 47.9 Å². The molecule has 0 N–H and O–H groups in total. The Kier molecular flexibility index (Phi) is 4.43. The van der Waals surface area contributed by atoms with Crippen molar-refractivity contribution in [1.29, 1.82) is 0 Å². The zero-order chi connectivity index (χ0) is 13.0. The Morgan fingerprint density at radius 2 is 1.83 bits per heavy atom. The Morgan fingerprint density at radius 1 is 1.11 bits per heavy atom. The summed E-state index contributed by atoms with van der Waals surface area (Å²) in [7, 11) is 4.15. The lowest BCUT2D eigenvalue weighted by molar-refractivity contribution is 0.690. The molecule has 2 rings (SSSR count). The lowest BCUT2D eigenvalue weighted by Gasteiger charge is -2.13. The van der Waals surface area contributed by atoms with Crippen LogP contribution in [0.5, 0.6) is 0 Å². The molecule has 0 spiro atoms. The summed E-state index contributed by atoms with van der Waals surface area (Å²) in [6.45, 7) is 2.32. The maximum atomic E-state index is 2.32. The van der Waals surface area contributed by atoms with Gasteiger partial charge in [-0.15, -0.1) is 11.3 Å². The molecular formula is C16H21NS. The van der Waals surface area contributed by atoms with Crippen molar-refractivity contribution in [2.24, 2.45) is 0 Å². The first-order valence-corrected chi connectivity index (χ1v) is 7.34. The Morgan fingerprint density at radius 3 is 2.39 bits per heavy atom. The molecule has 1 unspecified atom stereocenters. The minimum absolute atomic E-state index is 0.665. The summed E-state index contributed by atoms with van der Waals surface area (Å²) in [5.41, 5.74) is 2.70. The normalized spacial score (nSPS) is 12.4. The van der Waals surface area contributed by atoms with Crippen molar-refractivity contribution in [2.45, 2.75) is 25.7 Å². The van der Waals surface area contributed by atoms with Crippen LogP contribution in [0.4, 0.5) is 5.69 Å². The summed E-state index contributed by atoms with van der Waals surface area (Å²) in [6, 6.07) is 13.3. The molecule has 0 saturated carbocycles. The van der Waals surface area contributed by atoms with Crippen molar-refractivity contribution < 1.29 is 0 Å². The monoisotopic (exact) mass is 259 g/mol. The average molecular weight is 259 g/mol. The van der Waals surface area contributed by atoms with Gasteiger partial charge in [0.05, 0.1) is 0 Å². The molecule has 1 nitrogen and oxygen atoms in total. The van der Waals surface area contributed by atoms with Crippen molar-refractivity contribution in [3.63, 3.8) is 0 Å². The van der Waals surface area contributed by atoms with Crippen LogP contribution in [0.15, 0.2) is 41.8 Å². The van der Waals surface area contributed by atoms with Gasteiger partial charge in [0.2, 0.25) is 0 Å². The molecule has 0 aliphatic rings. The van der Waals surface area contributed by atoms with Crippen LogP contribution >= 0.6 is 11.3 Å². The van der Waals surface area contributed by atoms with E-state index in [-0.39, 0.29) is 0 Å². The number of rotatable bonds is 5. The Hall–Kier alpha value is -1.28. The number of hydrogen-bond donors (Lipinski definition) is 0. The van der Waals surface area contributed by atoms with Crippen molar-refractivity contribution in [1.82, 2.24) is 0 Å². The number of nitrogens with zero attached hydrogens (tertiary/aromatic N) is 1. The third-order valence-corrected chi connectivity index (χ3v) is 4.45. The van der Waals surface area contributed by atoms with Gasteiger partial charge < -0.3 is 4.90 Å². The fourth-order valence-electron chi connectivity index (χ4n) is 2.06. The van der Waals surface area contributed by atoms with Gasteiger partial charge in [-0.3, -0.25) is 0 Å². The molecule has 96 valence electrons. The van der Waals surface area contributed by atoms with Gasteiger partial charge in [0.1, 0.15) is 0 Å². The molecule has 2 heteroatoms. The van der Waals surface area contributed by atoms with Gasteiger partial charge in [-0.1, -0.05) is 25.1 Å². The number of aryl methyl sites for hydroxylation is 1. The lowest BCUT2D eigenvalue weighted by atomic mass is 9.99. The molecule has 0 amide bonds. The first-order valence-electron chi connectivity index (χ1n) is 6.46. The maximum Gasteiger partial charge on any atom is 0.0361 e. The summed E-state index contributed by atoms with van der Waals surface area (Å²) in [6.07, 6.45) is 2.38. The smallest absolute Gasteiger partial charge is 0.0361 e. The summed E-state index contributed by atoms with van der Waals surface area (Å²) in [5, 5.41) is 2.16. The average Bonchev–Trinajstić information content (AvgIpc) is 2.90. The van der Waals surface area contributed by atoms with Gasteiger partial charge in [0.25, 0.3) is 0 Å². The van der Waals surface area contributed by atoms with Crippen LogP contribution in [0.2, 0.25) is 0 Å². The van der Waals surface area contributed by atoms with Gasteiger partial charge in [0, 0.05) is 24.7 Å². The fraction of sp³-hybridized carbons (Fsp3) is 0.375. The van der Waals surface area contributed by atoms with Crippen LogP contribution in [0, 0.1) is 0 Å². The third kappa shape index (κ3) is 3.36. The van der Waals surface area contributed by atoms with E-state index in [0.717, 1.165) is 6.42 Å². The predicted octanol–water partition coefficient (Wildman–Crippen LogP) is 4.55. The maximum absolute atomic E-state index is 2.32. The second-order valence-electron chi connectivity index (χ2n) is 5.02. The predicted molar refractivity (Wildman–Crippen MR) is 81.8 cm³/mol. The van der Waals surface area contributed by atoms with E-state index in [4.69, 9.17) is 0 Å². The van der Waals surface area contributed by atoms with Gasteiger partial charge in [-0.2, -0.15) is 0 Å². The Bertz CT molecular complexity index is 456. The van der Waals surface area contributed by atoms with Crippen LogP contribution in [-0.4, -0.2) is 14.1 Å². The lowest BCUT2D eigenvalue weighted by Crippen LogP contribution is -2.08. The Balaban J connectivity index is 1.90. The van der Waals surface area contributed by atoms with E-state index in [1.807, 2.05) is 11.3 Å². The highest BCUT2D eigenvalue weighted by Crippen LogP contribution is 2.25. The second kappa shape index (κ2) is 6.05. The van der Waals surface area contributed by atoms with Crippen LogP contribution in [0.1, 0.15) is 29.7 Å². The van der Waals surface area contributed by atoms with Crippen LogP contribution in [-0.2, 0) is 6.42 Å². The minimum Gasteiger partial charge on any atom is -0.378 e. The highest BCUT2D eigenvalue weighted by Gasteiger charge is 2.06. The molecule has 18 heavy (non-hydrogen) atoms. The molecule has 1 heterocycles. The van der Waals surface area contributed by atoms with E-state index in [1.54, 1.807) is 0 Å². The quantitative estimate of drug-likeness (QED) is 0.761. The highest BCUT2D eigenvalue weighted by molar-refractivity contribution is 7.10. The molecule has 0 aliphatic carbocycles. The van der Waals surface area contributed by atoms with Crippen LogP contribution in [0.25, 0.3) is 0 Å². The number of benzene rings is 1. The van der Waals surface area contributed by atoms with Crippen molar-refractivity contribution in [3.8, 4) is 0 Å². The number of thiophene rings is 1. The fourth-order valence-corrected chi connectivity index (χ4v) is 2.88. The third-order valence-electron chi connectivity index (χ3n) is 3.35. The van der Waals surface area contributed by atoms with E-state index < -0.39 is 0 Å². The molecule has 1 aromatic carbocycles. The SMILES string of the molecule is CC(CCc1ccc(N(C)C)cc1)c1cccs1. The zero-order valence-electron chi connectivity index (χ0n) is 11.4. The van der Waals surface area contributed by atoms with Crippen LogP contribution < -0.4 is 4.90 Å². The van der Waals surface area contributed by atoms with Gasteiger partial charge in [0.15, 0.2) is 0 Å². The molecule has 0 saturated heterocycles. The zero-order valence-corrected chi connectivity index (χ0v) is 12.2. The summed E-state index contributed by atoms with van der Waals surface area (Å²) >= 11 is 1.87. The number of anilines is 1. The first-order chi connectivity index (χ1) is 8.66. The largest absolute Gasteiger partial charge is 0.378 e.